The molecule has 0 unspecified atom stereocenters. The number of nitrogens with one attached hydrogen (secondary N) is 1. The molecule has 6 nitrogen and oxygen atoms in total. The molecular weight excluding hydrogens is 312 g/mol. The Kier molecular flexibility index (Phi) is 3.26. The lowest BCUT2D eigenvalue weighted by molar-refractivity contribution is -0.121. The first-order valence-corrected chi connectivity index (χ1v) is 8.57. The van der Waals surface area contributed by atoms with E-state index in [0.29, 0.717) is 18.0 Å². The van der Waals surface area contributed by atoms with Crippen molar-refractivity contribution in [2.24, 2.45) is 13.0 Å². The molecule has 4 rings (SSSR count). The summed E-state index contributed by atoms with van der Waals surface area (Å²) in [7, 11) is 1.88. The Morgan fingerprint density at radius 2 is 2.26 bits per heavy atom. The summed E-state index contributed by atoms with van der Waals surface area (Å²) in [6.07, 6.45) is 4.07. The molecule has 0 atom stereocenters. The minimum Gasteiger partial charge on any atom is -0.354 e. The normalized spacial score (nSPS) is 14.7. The van der Waals surface area contributed by atoms with Crippen LogP contribution in [0.4, 0.5) is 0 Å². The average Bonchev–Trinajstić information content (AvgIpc) is 3.21. The number of hydrogen-bond donors (Lipinski definition) is 1. The Morgan fingerprint density at radius 3 is 3.00 bits per heavy atom. The Morgan fingerprint density at radius 1 is 1.48 bits per heavy atom. The summed E-state index contributed by atoms with van der Waals surface area (Å²) in [6.45, 7) is 2.73. The van der Waals surface area contributed by atoms with Crippen LogP contribution >= 0.6 is 11.3 Å². The van der Waals surface area contributed by atoms with Crippen LogP contribution < -0.4 is 10.9 Å². The number of carbonyl (C=O) groups is 1. The molecule has 1 amide bonds. The third kappa shape index (κ3) is 2.45. The van der Waals surface area contributed by atoms with Gasteiger partial charge in [-0.2, -0.15) is 5.10 Å². The van der Waals surface area contributed by atoms with Gasteiger partial charge in [0.25, 0.3) is 5.56 Å². The van der Waals surface area contributed by atoms with Gasteiger partial charge in [0.15, 0.2) is 0 Å². The number of thiophene rings is 1. The van der Waals surface area contributed by atoms with Gasteiger partial charge in [-0.05, 0) is 31.7 Å². The zero-order valence-corrected chi connectivity index (χ0v) is 13.9. The summed E-state index contributed by atoms with van der Waals surface area (Å²) >= 11 is 1.66. The van der Waals surface area contributed by atoms with Crippen molar-refractivity contribution < 1.29 is 4.79 Å². The van der Waals surface area contributed by atoms with Crippen LogP contribution in [-0.2, 0) is 18.4 Å². The van der Waals surface area contributed by atoms with Gasteiger partial charge in [-0.15, -0.1) is 11.3 Å². The minimum absolute atomic E-state index is 0.0284. The van der Waals surface area contributed by atoms with E-state index in [1.807, 2.05) is 11.6 Å². The van der Waals surface area contributed by atoms with Gasteiger partial charge in [-0.3, -0.25) is 9.59 Å². The molecule has 7 heteroatoms. The van der Waals surface area contributed by atoms with Crippen molar-refractivity contribution in [1.29, 1.82) is 0 Å². The van der Waals surface area contributed by atoms with Crippen LogP contribution in [0.1, 0.15) is 17.7 Å². The largest absolute Gasteiger partial charge is 0.354 e. The van der Waals surface area contributed by atoms with E-state index in [1.54, 1.807) is 17.5 Å². The maximum absolute atomic E-state index is 12.7. The number of aryl methyl sites for hydroxylation is 2. The van der Waals surface area contributed by atoms with Crippen LogP contribution in [0, 0.1) is 12.8 Å². The molecular formula is C16H18N4O2S. The first-order valence-electron chi connectivity index (χ1n) is 7.76. The number of fused-ring (bicyclic) bond motifs is 3. The van der Waals surface area contributed by atoms with Crippen molar-refractivity contribution in [3.05, 3.63) is 27.5 Å². The average molecular weight is 330 g/mol. The third-order valence-electron chi connectivity index (χ3n) is 4.37. The van der Waals surface area contributed by atoms with E-state index in [-0.39, 0.29) is 18.0 Å². The number of amides is 1. The van der Waals surface area contributed by atoms with Gasteiger partial charge in [0.1, 0.15) is 12.1 Å². The fraction of sp³-hybridized carbons (Fsp3) is 0.438. The zero-order valence-electron chi connectivity index (χ0n) is 13.1. The molecule has 1 aliphatic carbocycles. The van der Waals surface area contributed by atoms with Gasteiger partial charge >= 0.3 is 0 Å². The van der Waals surface area contributed by atoms with E-state index in [9.17, 15) is 9.59 Å². The van der Waals surface area contributed by atoms with Gasteiger partial charge in [0, 0.05) is 23.9 Å². The minimum atomic E-state index is -0.215. The molecule has 0 radical (unpaired) electrons. The molecule has 3 aromatic rings. The lowest BCUT2D eigenvalue weighted by Gasteiger charge is -2.06. The second-order valence-electron chi connectivity index (χ2n) is 6.25. The molecule has 0 spiro atoms. The highest BCUT2D eigenvalue weighted by Crippen LogP contribution is 2.32. The van der Waals surface area contributed by atoms with Crippen molar-refractivity contribution in [1.82, 2.24) is 19.7 Å². The molecule has 3 heterocycles. The molecule has 0 bridgehead atoms. The van der Waals surface area contributed by atoms with Crippen molar-refractivity contribution in [2.45, 2.75) is 26.3 Å². The lowest BCUT2D eigenvalue weighted by atomic mass is 10.3. The molecule has 1 aliphatic rings. The summed E-state index contributed by atoms with van der Waals surface area (Å²) in [5, 5.41) is 7.93. The highest BCUT2D eigenvalue weighted by atomic mass is 32.1. The number of aromatic nitrogens is 3. The monoisotopic (exact) mass is 330 g/mol. The predicted molar refractivity (Wildman–Crippen MR) is 90.8 cm³/mol. The van der Waals surface area contributed by atoms with E-state index in [0.717, 1.165) is 15.6 Å². The lowest BCUT2D eigenvalue weighted by Crippen LogP contribution is -2.34. The van der Waals surface area contributed by atoms with Crippen LogP contribution in [0.3, 0.4) is 0 Å². The number of rotatable bonds is 4. The second kappa shape index (κ2) is 5.19. The Bertz CT molecular complexity index is 977. The quantitative estimate of drug-likeness (QED) is 0.793. The van der Waals surface area contributed by atoms with Crippen molar-refractivity contribution in [3.63, 3.8) is 0 Å². The predicted octanol–water partition coefficient (Wildman–Crippen LogP) is 1.78. The Labute approximate surface area is 136 Å². The molecule has 0 aliphatic heterocycles. The van der Waals surface area contributed by atoms with Gasteiger partial charge < -0.3 is 9.88 Å². The first kappa shape index (κ1) is 14.4. The number of nitrogens with zero attached hydrogens (tertiary/aromatic N) is 3. The zero-order chi connectivity index (χ0) is 16.1. The van der Waals surface area contributed by atoms with Gasteiger partial charge in [0.05, 0.1) is 16.4 Å². The third-order valence-corrected chi connectivity index (χ3v) is 5.45. The van der Waals surface area contributed by atoms with Gasteiger partial charge in [0.2, 0.25) is 5.91 Å². The Balaban J connectivity index is 1.71. The summed E-state index contributed by atoms with van der Waals surface area (Å²) < 4.78 is 4.23. The Hall–Kier alpha value is -2.15. The van der Waals surface area contributed by atoms with E-state index in [4.69, 9.17) is 0 Å². The number of hydrogen-bond acceptors (Lipinski definition) is 4. The maximum atomic E-state index is 12.7. The highest BCUT2D eigenvalue weighted by Gasteiger charge is 2.22. The van der Waals surface area contributed by atoms with Crippen LogP contribution in [0.5, 0.6) is 0 Å². The molecule has 1 fully saturated rings. The standard InChI is InChI=1S/C16H18N4O2S/c1-9-5-12-15(23-9)11-7-18-20(16(22)14(11)19(12)2)8-13(21)17-6-10-3-4-10/h5,7,10H,3-4,6,8H2,1-2H3,(H,17,21). The molecule has 1 saturated carbocycles. The molecule has 1 N–H and O–H groups in total. The van der Waals surface area contributed by atoms with Crippen LogP contribution in [0.2, 0.25) is 0 Å². The summed E-state index contributed by atoms with van der Waals surface area (Å²) in [5.41, 5.74) is 1.43. The highest BCUT2D eigenvalue weighted by molar-refractivity contribution is 7.20. The molecule has 120 valence electrons. The second-order valence-corrected chi connectivity index (χ2v) is 7.50. The van der Waals surface area contributed by atoms with Crippen LogP contribution in [0.25, 0.3) is 21.1 Å². The topological polar surface area (TPSA) is 68.9 Å². The van der Waals surface area contributed by atoms with Crippen molar-refractivity contribution in [2.75, 3.05) is 6.54 Å². The van der Waals surface area contributed by atoms with E-state index < -0.39 is 0 Å². The van der Waals surface area contributed by atoms with E-state index >= 15 is 0 Å². The first-order chi connectivity index (χ1) is 11.0. The molecule has 23 heavy (non-hydrogen) atoms. The molecule has 0 aromatic carbocycles. The van der Waals surface area contributed by atoms with Gasteiger partial charge in [-0.1, -0.05) is 0 Å². The summed E-state index contributed by atoms with van der Waals surface area (Å²) in [6, 6.07) is 2.08. The van der Waals surface area contributed by atoms with Gasteiger partial charge in [-0.25, -0.2) is 4.68 Å². The maximum Gasteiger partial charge on any atom is 0.291 e. The van der Waals surface area contributed by atoms with Crippen LogP contribution in [0.15, 0.2) is 17.1 Å². The fourth-order valence-corrected chi connectivity index (χ4v) is 3.97. The van der Waals surface area contributed by atoms with Crippen molar-refractivity contribution >= 4 is 38.4 Å². The van der Waals surface area contributed by atoms with Crippen LogP contribution in [-0.4, -0.2) is 26.8 Å². The smallest absolute Gasteiger partial charge is 0.291 e. The molecule has 0 saturated heterocycles. The summed E-state index contributed by atoms with van der Waals surface area (Å²) in [4.78, 5) is 25.9. The van der Waals surface area contributed by atoms with Crippen molar-refractivity contribution in [3.8, 4) is 0 Å². The SMILES string of the molecule is Cc1cc2c(s1)c1cnn(CC(=O)NCC3CC3)c(=O)c1n2C. The summed E-state index contributed by atoms with van der Waals surface area (Å²) in [5.74, 6) is 0.465. The van der Waals surface area contributed by atoms with E-state index in [2.05, 4.69) is 23.4 Å². The number of carbonyl (C=O) groups excluding carboxylic acids is 1. The van der Waals surface area contributed by atoms with E-state index in [1.165, 1.54) is 22.4 Å². The molecule has 3 aromatic heterocycles. The fourth-order valence-electron chi connectivity index (χ4n) is 2.92.